The third kappa shape index (κ3) is 3.96. The molecular weight excluding hydrogens is 291 g/mol. The summed E-state index contributed by atoms with van der Waals surface area (Å²) in [4.78, 5) is 7.92. The van der Waals surface area contributed by atoms with Crippen molar-refractivity contribution in [2.24, 2.45) is 0 Å². The van der Waals surface area contributed by atoms with Gasteiger partial charge in [0.2, 0.25) is 5.89 Å². The van der Waals surface area contributed by atoms with E-state index in [2.05, 4.69) is 15.1 Å². The predicted octanol–water partition coefficient (Wildman–Crippen LogP) is 3.73. The molecular formula is C12H12F3N3OS. The minimum Gasteiger partial charge on any atom is -0.338 e. The SMILES string of the molecule is CCCc1noc(CSc2ccc(C(F)(F)F)cn2)n1. The van der Waals surface area contributed by atoms with E-state index in [0.717, 1.165) is 25.1 Å². The van der Waals surface area contributed by atoms with Crippen molar-refractivity contribution < 1.29 is 17.7 Å². The standard InChI is InChI=1S/C12H12F3N3OS/c1-2-3-9-17-10(19-18-9)7-20-11-5-4-8(6-16-11)12(13,14)15/h4-6H,2-3,7H2,1H3. The average Bonchev–Trinajstić information content (AvgIpc) is 2.84. The van der Waals surface area contributed by atoms with Crippen LogP contribution in [0.25, 0.3) is 0 Å². The predicted molar refractivity (Wildman–Crippen MR) is 67.1 cm³/mol. The first-order valence-corrected chi connectivity index (χ1v) is 6.95. The Kier molecular flexibility index (Phi) is 4.64. The molecule has 0 aromatic carbocycles. The second-order valence-corrected chi connectivity index (χ2v) is 5.02. The fraction of sp³-hybridized carbons (Fsp3) is 0.417. The van der Waals surface area contributed by atoms with Crippen molar-refractivity contribution in [3.05, 3.63) is 35.6 Å². The Morgan fingerprint density at radius 1 is 1.30 bits per heavy atom. The van der Waals surface area contributed by atoms with E-state index in [9.17, 15) is 13.2 Å². The van der Waals surface area contributed by atoms with Crippen LogP contribution in [-0.4, -0.2) is 15.1 Å². The number of halogens is 3. The molecule has 4 nitrogen and oxygen atoms in total. The van der Waals surface area contributed by atoms with Crippen LogP contribution in [0, 0.1) is 0 Å². The summed E-state index contributed by atoms with van der Waals surface area (Å²) < 4.78 is 42.1. The summed E-state index contributed by atoms with van der Waals surface area (Å²) >= 11 is 1.25. The first-order valence-electron chi connectivity index (χ1n) is 5.96. The highest BCUT2D eigenvalue weighted by molar-refractivity contribution is 7.98. The van der Waals surface area contributed by atoms with Gasteiger partial charge in [-0.15, -0.1) is 0 Å². The number of thioether (sulfide) groups is 1. The number of nitrogens with zero attached hydrogens (tertiary/aromatic N) is 3. The van der Waals surface area contributed by atoms with Gasteiger partial charge in [-0.05, 0) is 18.6 Å². The Balaban J connectivity index is 1.93. The maximum absolute atomic E-state index is 12.4. The topological polar surface area (TPSA) is 51.8 Å². The lowest BCUT2D eigenvalue weighted by atomic mass is 10.3. The first kappa shape index (κ1) is 14.8. The Morgan fingerprint density at radius 2 is 2.10 bits per heavy atom. The van der Waals surface area contributed by atoms with Crippen molar-refractivity contribution in [3.8, 4) is 0 Å². The Labute approximate surface area is 117 Å². The summed E-state index contributed by atoms with van der Waals surface area (Å²) in [5.41, 5.74) is -0.759. The molecule has 0 saturated carbocycles. The van der Waals surface area contributed by atoms with Gasteiger partial charge >= 0.3 is 6.18 Å². The van der Waals surface area contributed by atoms with Crippen LogP contribution in [0.2, 0.25) is 0 Å². The Bertz CT molecular complexity index is 554. The molecule has 0 bridgehead atoms. The van der Waals surface area contributed by atoms with Crippen molar-refractivity contribution in [2.75, 3.05) is 0 Å². The maximum atomic E-state index is 12.4. The zero-order chi connectivity index (χ0) is 14.6. The summed E-state index contributed by atoms with van der Waals surface area (Å²) in [6, 6.07) is 2.34. The molecule has 2 aromatic rings. The van der Waals surface area contributed by atoms with Gasteiger partial charge < -0.3 is 4.52 Å². The molecule has 0 amide bonds. The molecule has 0 aliphatic rings. The monoisotopic (exact) mass is 303 g/mol. The number of aromatic nitrogens is 3. The van der Waals surface area contributed by atoms with E-state index in [0.29, 0.717) is 22.5 Å². The third-order valence-electron chi connectivity index (χ3n) is 2.39. The van der Waals surface area contributed by atoms with E-state index >= 15 is 0 Å². The largest absolute Gasteiger partial charge is 0.417 e. The molecule has 8 heteroatoms. The van der Waals surface area contributed by atoms with E-state index in [-0.39, 0.29) is 0 Å². The molecule has 0 unspecified atom stereocenters. The maximum Gasteiger partial charge on any atom is 0.417 e. The second-order valence-electron chi connectivity index (χ2n) is 4.03. The van der Waals surface area contributed by atoms with Crippen molar-refractivity contribution in [1.29, 1.82) is 0 Å². The molecule has 108 valence electrons. The molecule has 0 aliphatic heterocycles. The molecule has 2 heterocycles. The third-order valence-corrected chi connectivity index (χ3v) is 3.32. The highest BCUT2D eigenvalue weighted by Gasteiger charge is 2.30. The van der Waals surface area contributed by atoms with Crippen LogP contribution in [-0.2, 0) is 18.3 Å². The minimum absolute atomic E-state index is 0.384. The van der Waals surface area contributed by atoms with Gasteiger partial charge in [-0.1, -0.05) is 23.8 Å². The van der Waals surface area contributed by atoms with Gasteiger partial charge in [0.25, 0.3) is 0 Å². The van der Waals surface area contributed by atoms with Gasteiger partial charge in [-0.3, -0.25) is 0 Å². The Morgan fingerprint density at radius 3 is 2.70 bits per heavy atom. The number of aryl methyl sites for hydroxylation is 1. The lowest BCUT2D eigenvalue weighted by molar-refractivity contribution is -0.137. The van der Waals surface area contributed by atoms with Gasteiger partial charge in [0.1, 0.15) is 0 Å². The molecule has 0 aliphatic carbocycles. The van der Waals surface area contributed by atoms with Crippen molar-refractivity contribution in [2.45, 2.75) is 36.7 Å². The van der Waals surface area contributed by atoms with E-state index in [1.807, 2.05) is 6.92 Å². The summed E-state index contributed by atoms with van der Waals surface area (Å²) in [7, 11) is 0. The fourth-order valence-corrected chi connectivity index (χ4v) is 2.12. The molecule has 0 atom stereocenters. The summed E-state index contributed by atoms with van der Waals surface area (Å²) in [6.45, 7) is 2.01. The van der Waals surface area contributed by atoms with Crippen LogP contribution in [0.5, 0.6) is 0 Å². The molecule has 0 N–H and O–H groups in total. The molecule has 2 rings (SSSR count). The van der Waals surface area contributed by atoms with Crippen LogP contribution in [0.4, 0.5) is 13.2 Å². The fourth-order valence-electron chi connectivity index (χ4n) is 1.44. The summed E-state index contributed by atoms with van der Waals surface area (Å²) in [6.07, 6.45) is -1.88. The van der Waals surface area contributed by atoms with Crippen molar-refractivity contribution in [3.63, 3.8) is 0 Å². The lowest BCUT2D eigenvalue weighted by Crippen LogP contribution is -2.05. The minimum atomic E-state index is -4.36. The zero-order valence-corrected chi connectivity index (χ0v) is 11.5. The van der Waals surface area contributed by atoms with E-state index in [1.165, 1.54) is 17.8 Å². The number of pyridine rings is 1. The van der Waals surface area contributed by atoms with E-state index in [4.69, 9.17) is 4.52 Å². The number of hydrogen-bond acceptors (Lipinski definition) is 5. The van der Waals surface area contributed by atoms with Crippen LogP contribution in [0.15, 0.2) is 27.9 Å². The molecule has 20 heavy (non-hydrogen) atoms. The van der Waals surface area contributed by atoms with Gasteiger partial charge in [-0.25, -0.2) is 4.98 Å². The van der Waals surface area contributed by atoms with E-state index in [1.54, 1.807) is 0 Å². The van der Waals surface area contributed by atoms with Crippen LogP contribution in [0.3, 0.4) is 0 Å². The Hall–Kier alpha value is -1.57. The highest BCUT2D eigenvalue weighted by atomic mass is 32.2. The summed E-state index contributed by atoms with van der Waals surface area (Å²) in [5, 5.41) is 4.28. The summed E-state index contributed by atoms with van der Waals surface area (Å²) in [5.74, 6) is 1.47. The number of rotatable bonds is 5. The number of alkyl halides is 3. The second kappa shape index (κ2) is 6.25. The van der Waals surface area contributed by atoms with Crippen LogP contribution >= 0.6 is 11.8 Å². The van der Waals surface area contributed by atoms with Crippen molar-refractivity contribution in [1.82, 2.24) is 15.1 Å². The molecule has 0 spiro atoms. The van der Waals surface area contributed by atoms with Gasteiger partial charge in [-0.2, -0.15) is 18.2 Å². The smallest absolute Gasteiger partial charge is 0.338 e. The average molecular weight is 303 g/mol. The molecule has 0 fully saturated rings. The first-order chi connectivity index (χ1) is 9.49. The zero-order valence-electron chi connectivity index (χ0n) is 10.6. The lowest BCUT2D eigenvalue weighted by Gasteiger charge is -2.05. The van der Waals surface area contributed by atoms with Gasteiger partial charge in [0, 0.05) is 12.6 Å². The normalized spacial score (nSPS) is 11.8. The highest BCUT2D eigenvalue weighted by Crippen LogP contribution is 2.30. The quantitative estimate of drug-likeness (QED) is 0.788. The van der Waals surface area contributed by atoms with Crippen LogP contribution in [0.1, 0.15) is 30.6 Å². The van der Waals surface area contributed by atoms with Crippen LogP contribution < -0.4 is 0 Å². The van der Waals surface area contributed by atoms with E-state index < -0.39 is 11.7 Å². The number of hydrogen-bond donors (Lipinski definition) is 0. The molecule has 2 aromatic heterocycles. The molecule has 0 radical (unpaired) electrons. The molecule has 0 saturated heterocycles. The van der Waals surface area contributed by atoms with Gasteiger partial charge in [0.05, 0.1) is 16.3 Å². The van der Waals surface area contributed by atoms with Gasteiger partial charge in [0.15, 0.2) is 5.82 Å². The van der Waals surface area contributed by atoms with Crippen molar-refractivity contribution >= 4 is 11.8 Å².